The maximum atomic E-state index is 12.4. The van der Waals surface area contributed by atoms with E-state index in [-0.39, 0.29) is 5.91 Å². The molecule has 1 saturated heterocycles. The van der Waals surface area contributed by atoms with Crippen molar-refractivity contribution in [2.45, 2.75) is 32.1 Å². The zero-order valence-electron chi connectivity index (χ0n) is 11.2. The number of carbonyl (C=O) groups is 1. The van der Waals surface area contributed by atoms with Gasteiger partial charge in [-0.25, -0.2) is 0 Å². The lowest BCUT2D eigenvalue weighted by Crippen LogP contribution is -2.33. The van der Waals surface area contributed by atoms with E-state index in [2.05, 4.69) is 17.1 Å². The molecular formula is C16H20N2O. The predicted octanol–water partition coefficient (Wildman–Crippen LogP) is 3.11. The Hall–Kier alpha value is -1.77. The first kappa shape index (κ1) is 12.3. The molecule has 0 bridgehead atoms. The molecule has 1 aliphatic heterocycles. The molecule has 1 N–H and O–H groups in total. The van der Waals surface area contributed by atoms with Crippen molar-refractivity contribution >= 4 is 16.8 Å². The van der Waals surface area contributed by atoms with Gasteiger partial charge in [-0.3, -0.25) is 4.79 Å². The molecule has 1 fully saturated rings. The van der Waals surface area contributed by atoms with Gasteiger partial charge in [-0.2, -0.15) is 0 Å². The second kappa shape index (κ2) is 5.47. The molecular weight excluding hydrogens is 236 g/mol. The van der Waals surface area contributed by atoms with Crippen LogP contribution >= 0.6 is 0 Å². The Balaban J connectivity index is 1.75. The first-order valence-electron chi connectivity index (χ1n) is 7.17. The molecule has 0 radical (unpaired) electrons. The van der Waals surface area contributed by atoms with Crippen molar-refractivity contribution in [1.82, 2.24) is 9.88 Å². The summed E-state index contributed by atoms with van der Waals surface area (Å²) in [5, 5.41) is 1.17. The summed E-state index contributed by atoms with van der Waals surface area (Å²) in [6, 6.07) is 8.17. The van der Waals surface area contributed by atoms with Crippen molar-refractivity contribution in [2.75, 3.05) is 13.1 Å². The standard InChI is InChI=1S/C16H20N2O/c19-16(18-9-5-1-2-6-10-18)11-13-12-17-15-8-4-3-7-14(13)15/h3-4,7-8,12,17H,1-2,5-6,9-11H2. The number of aromatic nitrogens is 1. The number of rotatable bonds is 2. The monoisotopic (exact) mass is 256 g/mol. The van der Waals surface area contributed by atoms with Gasteiger partial charge in [-0.05, 0) is 24.5 Å². The number of H-pyrrole nitrogens is 1. The van der Waals surface area contributed by atoms with E-state index in [0.717, 1.165) is 37.0 Å². The number of nitrogens with one attached hydrogen (secondary N) is 1. The van der Waals surface area contributed by atoms with E-state index in [0.29, 0.717) is 6.42 Å². The summed E-state index contributed by atoms with van der Waals surface area (Å²) in [5.41, 5.74) is 2.23. The van der Waals surface area contributed by atoms with Crippen molar-refractivity contribution in [1.29, 1.82) is 0 Å². The lowest BCUT2D eigenvalue weighted by Gasteiger charge is -2.20. The third-order valence-corrected chi connectivity index (χ3v) is 3.98. The fourth-order valence-corrected chi connectivity index (χ4v) is 2.87. The lowest BCUT2D eigenvalue weighted by molar-refractivity contribution is -0.130. The van der Waals surface area contributed by atoms with Crippen LogP contribution in [0.4, 0.5) is 0 Å². The minimum atomic E-state index is 0.270. The number of hydrogen-bond acceptors (Lipinski definition) is 1. The molecule has 3 nitrogen and oxygen atoms in total. The predicted molar refractivity (Wildman–Crippen MR) is 77.1 cm³/mol. The van der Waals surface area contributed by atoms with Crippen LogP contribution in [0.15, 0.2) is 30.5 Å². The van der Waals surface area contributed by atoms with Crippen LogP contribution in [0.3, 0.4) is 0 Å². The molecule has 2 heterocycles. The molecule has 1 aromatic carbocycles. The van der Waals surface area contributed by atoms with Gasteiger partial charge in [0.15, 0.2) is 0 Å². The van der Waals surface area contributed by atoms with Crippen LogP contribution in [0.25, 0.3) is 10.9 Å². The number of fused-ring (bicyclic) bond motifs is 1. The Morgan fingerprint density at radius 3 is 2.63 bits per heavy atom. The summed E-state index contributed by atoms with van der Waals surface area (Å²) in [7, 11) is 0. The van der Waals surface area contributed by atoms with E-state index in [1.54, 1.807) is 0 Å². The zero-order chi connectivity index (χ0) is 13.1. The molecule has 3 heteroatoms. The Labute approximate surface area is 113 Å². The number of carbonyl (C=O) groups excluding carboxylic acids is 1. The molecule has 1 amide bonds. The number of benzene rings is 1. The maximum absolute atomic E-state index is 12.4. The molecule has 1 aliphatic rings. The first-order chi connectivity index (χ1) is 9.34. The minimum absolute atomic E-state index is 0.270. The largest absolute Gasteiger partial charge is 0.361 e. The molecule has 2 aromatic rings. The Bertz CT molecular complexity index is 565. The summed E-state index contributed by atoms with van der Waals surface area (Å²) in [5.74, 6) is 0.270. The summed E-state index contributed by atoms with van der Waals surface area (Å²) < 4.78 is 0. The highest BCUT2D eigenvalue weighted by Gasteiger charge is 2.17. The van der Waals surface area contributed by atoms with E-state index in [1.165, 1.54) is 18.2 Å². The minimum Gasteiger partial charge on any atom is -0.361 e. The van der Waals surface area contributed by atoms with Crippen molar-refractivity contribution in [3.8, 4) is 0 Å². The number of hydrogen-bond donors (Lipinski definition) is 1. The van der Waals surface area contributed by atoms with Crippen molar-refractivity contribution in [3.05, 3.63) is 36.0 Å². The lowest BCUT2D eigenvalue weighted by atomic mass is 10.1. The molecule has 19 heavy (non-hydrogen) atoms. The Kier molecular flexibility index (Phi) is 3.53. The van der Waals surface area contributed by atoms with E-state index in [4.69, 9.17) is 0 Å². The summed E-state index contributed by atoms with van der Waals surface area (Å²) in [6.07, 6.45) is 7.32. The molecule has 100 valence electrons. The topological polar surface area (TPSA) is 36.1 Å². The van der Waals surface area contributed by atoms with Gasteiger partial charge in [0.2, 0.25) is 5.91 Å². The molecule has 3 rings (SSSR count). The number of amides is 1. The van der Waals surface area contributed by atoms with Gasteiger partial charge in [0.05, 0.1) is 6.42 Å². The smallest absolute Gasteiger partial charge is 0.227 e. The fraction of sp³-hybridized carbons (Fsp3) is 0.438. The van der Waals surface area contributed by atoms with Gasteiger partial charge in [0.1, 0.15) is 0 Å². The van der Waals surface area contributed by atoms with E-state index < -0.39 is 0 Å². The second-order valence-electron chi connectivity index (χ2n) is 5.33. The molecule has 0 aliphatic carbocycles. The maximum Gasteiger partial charge on any atom is 0.227 e. The average Bonchev–Trinajstić information content (AvgIpc) is 2.66. The van der Waals surface area contributed by atoms with Crippen molar-refractivity contribution in [2.24, 2.45) is 0 Å². The Morgan fingerprint density at radius 1 is 1.11 bits per heavy atom. The van der Waals surface area contributed by atoms with Crippen LogP contribution < -0.4 is 0 Å². The van der Waals surface area contributed by atoms with Gasteiger partial charge in [-0.1, -0.05) is 31.0 Å². The molecule has 0 spiro atoms. The van der Waals surface area contributed by atoms with E-state index in [9.17, 15) is 4.79 Å². The third kappa shape index (κ3) is 2.65. The fourth-order valence-electron chi connectivity index (χ4n) is 2.87. The first-order valence-corrected chi connectivity index (χ1v) is 7.17. The summed E-state index contributed by atoms with van der Waals surface area (Å²) in [4.78, 5) is 17.6. The van der Waals surface area contributed by atoms with Crippen LogP contribution in [-0.4, -0.2) is 28.9 Å². The quantitative estimate of drug-likeness (QED) is 0.880. The van der Waals surface area contributed by atoms with Gasteiger partial charge in [0, 0.05) is 30.2 Å². The number of likely N-dealkylation sites (tertiary alicyclic amines) is 1. The SMILES string of the molecule is O=C(Cc1c[nH]c2ccccc12)N1CCCCCC1. The summed E-state index contributed by atoms with van der Waals surface area (Å²) >= 11 is 0. The number of nitrogens with zero attached hydrogens (tertiary/aromatic N) is 1. The van der Waals surface area contributed by atoms with Crippen LogP contribution in [0.1, 0.15) is 31.2 Å². The Morgan fingerprint density at radius 2 is 1.84 bits per heavy atom. The summed E-state index contributed by atoms with van der Waals surface area (Å²) in [6.45, 7) is 1.86. The highest BCUT2D eigenvalue weighted by Crippen LogP contribution is 2.19. The molecule has 0 unspecified atom stereocenters. The van der Waals surface area contributed by atoms with Gasteiger partial charge < -0.3 is 9.88 Å². The highest BCUT2D eigenvalue weighted by atomic mass is 16.2. The van der Waals surface area contributed by atoms with Crippen molar-refractivity contribution in [3.63, 3.8) is 0 Å². The second-order valence-corrected chi connectivity index (χ2v) is 5.33. The van der Waals surface area contributed by atoms with Gasteiger partial charge in [0.25, 0.3) is 0 Å². The van der Waals surface area contributed by atoms with Crippen molar-refractivity contribution < 1.29 is 4.79 Å². The molecule has 0 saturated carbocycles. The normalized spacial score (nSPS) is 16.5. The van der Waals surface area contributed by atoms with Crippen LogP contribution in [0.5, 0.6) is 0 Å². The average molecular weight is 256 g/mol. The van der Waals surface area contributed by atoms with Gasteiger partial charge in [-0.15, -0.1) is 0 Å². The van der Waals surface area contributed by atoms with Crippen LogP contribution in [-0.2, 0) is 11.2 Å². The molecule has 1 aromatic heterocycles. The third-order valence-electron chi connectivity index (χ3n) is 3.98. The van der Waals surface area contributed by atoms with Gasteiger partial charge >= 0.3 is 0 Å². The van der Waals surface area contributed by atoms with Crippen LogP contribution in [0, 0.1) is 0 Å². The highest BCUT2D eigenvalue weighted by molar-refractivity contribution is 5.88. The molecule has 0 atom stereocenters. The van der Waals surface area contributed by atoms with Crippen LogP contribution in [0.2, 0.25) is 0 Å². The van der Waals surface area contributed by atoms with E-state index >= 15 is 0 Å². The number of para-hydroxylation sites is 1. The number of aromatic amines is 1. The zero-order valence-corrected chi connectivity index (χ0v) is 11.2. The van der Waals surface area contributed by atoms with E-state index in [1.807, 2.05) is 23.2 Å².